The summed E-state index contributed by atoms with van der Waals surface area (Å²) < 4.78 is 37.8. The minimum atomic E-state index is -3.19. The lowest BCUT2D eigenvalue weighted by Crippen LogP contribution is -2.41. The van der Waals surface area contributed by atoms with Crippen molar-refractivity contribution in [1.82, 2.24) is 14.6 Å². The van der Waals surface area contributed by atoms with Crippen molar-refractivity contribution in [3.8, 4) is 11.5 Å². The van der Waals surface area contributed by atoms with Crippen molar-refractivity contribution in [3.05, 3.63) is 42.3 Å². The van der Waals surface area contributed by atoms with E-state index in [-0.39, 0.29) is 17.6 Å². The van der Waals surface area contributed by atoms with Gasteiger partial charge in [0.25, 0.3) is 0 Å². The van der Waals surface area contributed by atoms with E-state index in [2.05, 4.69) is 14.6 Å². The van der Waals surface area contributed by atoms with E-state index in [4.69, 9.17) is 9.15 Å². The Morgan fingerprint density at radius 1 is 1.32 bits per heavy atom. The highest BCUT2D eigenvalue weighted by Crippen LogP contribution is 2.54. The summed E-state index contributed by atoms with van der Waals surface area (Å²) in [6.07, 6.45) is 5.20. The molecule has 1 spiro atoms. The van der Waals surface area contributed by atoms with Crippen LogP contribution in [0, 0.1) is 11.8 Å². The fraction of sp³-hybridized carbons (Fsp3) is 0.550. The molecular weight excluding hydrogens is 378 g/mol. The second-order valence-corrected chi connectivity index (χ2v) is 10.2. The smallest absolute Gasteiger partial charge is 0.226 e. The molecule has 2 bridgehead atoms. The van der Waals surface area contributed by atoms with E-state index in [0.717, 1.165) is 43.7 Å². The maximum atomic E-state index is 11.5. The molecule has 0 unspecified atom stereocenters. The molecule has 3 aliphatic heterocycles. The summed E-state index contributed by atoms with van der Waals surface area (Å²) in [5.74, 6) is 1.24. The molecule has 3 fully saturated rings. The molecule has 28 heavy (non-hydrogen) atoms. The van der Waals surface area contributed by atoms with Gasteiger partial charge in [0.1, 0.15) is 6.26 Å². The van der Waals surface area contributed by atoms with Crippen LogP contribution in [0.3, 0.4) is 0 Å². The summed E-state index contributed by atoms with van der Waals surface area (Å²) in [5.41, 5.74) is 1.76. The standard InChI is InChI=1S/C20H25N3O4S/c1-28(24,25)21-9-16-17-11-23(13-20(17)8-7-18(16)27-20)10-15-12-26-19(22-15)14-5-3-2-4-6-14/h2-6,12,16-18,21H,7-11,13H2,1H3/t16-,17+,18+,20+/m0/s1. The molecule has 3 aliphatic rings. The number of benzene rings is 1. The number of ether oxygens (including phenoxy) is 1. The predicted molar refractivity (Wildman–Crippen MR) is 104 cm³/mol. The topological polar surface area (TPSA) is 84.7 Å². The lowest BCUT2D eigenvalue weighted by Gasteiger charge is -2.29. The van der Waals surface area contributed by atoms with E-state index in [1.54, 1.807) is 6.26 Å². The van der Waals surface area contributed by atoms with Crippen molar-refractivity contribution in [2.75, 3.05) is 25.9 Å². The van der Waals surface area contributed by atoms with E-state index >= 15 is 0 Å². The zero-order valence-electron chi connectivity index (χ0n) is 15.9. The Kier molecular flexibility index (Phi) is 4.35. The van der Waals surface area contributed by atoms with Crippen LogP contribution in [0.5, 0.6) is 0 Å². The maximum absolute atomic E-state index is 11.5. The third kappa shape index (κ3) is 3.28. The van der Waals surface area contributed by atoms with Crippen molar-refractivity contribution in [3.63, 3.8) is 0 Å². The van der Waals surface area contributed by atoms with Crippen LogP contribution < -0.4 is 4.72 Å². The van der Waals surface area contributed by atoms with Crippen molar-refractivity contribution in [2.45, 2.75) is 31.1 Å². The zero-order valence-corrected chi connectivity index (χ0v) is 16.7. The van der Waals surface area contributed by atoms with Gasteiger partial charge in [-0.1, -0.05) is 18.2 Å². The highest BCUT2D eigenvalue weighted by Gasteiger charge is 2.62. The Morgan fingerprint density at radius 3 is 2.93 bits per heavy atom. The molecule has 0 saturated carbocycles. The fourth-order valence-corrected chi connectivity index (χ4v) is 5.74. The highest BCUT2D eigenvalue weighted by molar-refractivity contribution is 7.88. The van der Waals surface area contributed by atoms with Gasteiger partial charge in [-0.25, -0.2) is 18.1 Å². The molecule has 1 aromatic carbocycles. The number of likely N-dealkylation sites (tertiary alicyclic amines) is 1. The second-order valence-electron chi connectivity index (χ2n) is 8.33. The van der Waals surface area contributed by atoms with Gasteiger partial charge in [0.15, 0.2) is 0 Å². The van der Waals surface area contributed by atoms with Gasteiger partial charge in [-0.3, -0.25) is 4.90 Å². The Hall–Kier alpha value is -1.74. The van der Waals surface area contributed by atoms with Gasteiger partial charge < -0.3 is 9.15 Å². The molecule has 0 aliphatic carbocycles. The van der Waals surface area contributed by atoms with Crippen LogP contribution in [0.2, 0.25) is 0 Å². The quantitative estimate of drug-likeness (QED) is 0.793. The van der Waals surface area contributed by atoms with E-state index < -0.39 is 10.0 Å². The van der Waals surface area contributed by atoms with E-state index in [1.165, 1.54) is 6.26 Å². The fourth-order valence-electron chi connectivity index (χ4n) is 5.25. The molecule has 5 rings (SSSR count). The first-order chi connectivity index (χ1) is 13.4. The van der Waals surface area contributed by atoms with Gasteiger partial charge in [0.05, 0.1) is 23.7 Å². The summed E-state index contributed by atoms with van der Waals surface area (Å²) in [6.45, 7) is 2.96. The monoisotopic (exact) mass is 403 g/mol. The predicted octanol–water partition coefficient (Wildman–Crippen LogP) is 1.87. The number of oxazole rings is 1. The highest BCUT2D eigenvalue weighted by atomic mass is 32.2. The largest absolute Gasteiger partial charge is 0.444 e. The van der Waals surface area contributed by atoms with Crippen LogP contribution in [0.1, 0.15) is 18.5 Å². The van der Waals surface area contributed by atoms with E-state index in [1.807, 2.05) is 30.3 Å². The van der Waals surface area contributed by atoms with Gasteiger partial charge in [-0.05, 0) is 25.0 Å². The van der Waals surface area contributed by atoms with Crippen LogP contribution in [-0.2, 0) is 21.3 Å². The summed E-state index contributed by atoms with van der Waals surface area (Å²) in [5, 5.41) is 0. The number of fused-ring (bicyclic) bond motifs is 1. The number of hydrogen-bond acceptors (Lipinski definition) is 6. The van der Waals surface area contributed by atoms with Gasteiger partial charge in [-0.2, -0.15) is 0 Å². The molecule has 0 radical (unpaired) electrons. The zero-order chi connectivity index (χ0) is 19.4. The third-order valence-electron chi connectivity index (χ3n) is 6.39. The summed E-state index contributed by atoms with van der Waals surface area (Å²) in [6, 6.07) is 9.89. The molecular formula is C20H25N3O4S. The van der Waals surface area contributed by atoms with Crippen molar-refractivity contribution in [2.24, 2.45) is 11.8 Å². The van der Waals surface area contributed by atoms with Crippen LogP contribution >= 0.6 is 0 Å². The number of sulfonamides is 1. The normalized spacial score (nSPS) is 32.1. The molecule has 150 valence electrons. The van der Waals surface area contributed by atoms with Gasteiger partial charge in [0, 0.05) is 43.6 Å². The van der Waals surface area contributed by atoms with Crippen LogP contribution in [0.25, 0.3) is 11.5 Å². The van der Waals surface area contributed by atoms with E-state index in [0.29, 0.717) is 18.4 Å². The number of nitrogens with one attached hydrogen (secondary N) is 1. The van der Waals surface area contributed by atoms with Gasteiger partial charge in [-0.15, -0.1) is 0 Å². The average Bonchev–Trinajstić information content (AvgIpc) is 3.40. The minimum absolute atomic E-state index is 0.124. The Balaban J connectivity index is 1.27. The van der Waals surface area contributed by atoms with Crippen LogP contribution in [0.4, 0.5) is 0 Å². The van der Waals surface area contributed by atoms with Gasteiger partial charge >= 0.3 is 0 Å². The van der Waals surface area contributed by atoms with Crippen molar-refractivity contribution >= 4 is 10.0 Å². The summed E-state index contributed by atoms with van der Waals surface area (Å²) >= 11 is 0. The van der Waals surface area contributed by atoms with E-state index in [9.17, 15) is 8.42 Å². The first-order valence-electron chi connectivity index (χ1n) is 9.76. The molecule has 0 amide bonds. The molecule has 1 aromatic heterocycles. The van der Waals surface area contributed by atoms with Gasteiger partial charge in [0.2, 0.25) is 15.9 Å². The minimum Gasteiger partial charge on any atom is -0.444 e. The van der Waals surface area contributed by atoms with Crippen molar-refractivity contribution in [1.29, 1.82) is 0 Å². The summed E-state index contributed by atoms with van der Waals surface area (Å²) in [7, 11) is -3.19. The second kappa shape index (κ2) is 6.66. The first-order valence-corrected chi connectivity index (χ1v) is 11.7. The molecule has 2 aromatic rings. The number of nitrogens with zero attached hydrogens (tertiary/aromatic N) is 2. The number of rotatable bonds is 6. The lowest BCUT2D eigenvalue weighted by molar-refractivity contribution is 0.00211. The Labute approximate surface area is 165 Å². The lowest BCUT2D eigenvalue weighted by atomic mass is 9.74. The SMILES string of the molecule is CS(=O)(=O)NC[C@H]1[C@H]2CN(Cc3coc(-c4ccccc4)n3)C[C@]23CC[C@H]1O3. The first kappa shape index (κ1) is 18.3. The van der Waals surface area contributed by atoms with Crippen LogP contribution in [0.15, 0.2) is 41.0 Å². The average molecular weight is 404 g/mol. The van der Waals surface area contributed by atoms with Crippen LogP contribution in [-0.4, -0.2) is 55.9 Å². The third-order valence-corrected chi connectivity index (χ3v) is 7.08. The Bertz CT molecular complexity index is 961. The molecule has 8 heteroatoms. The number of hydrogen-bond donors (Lipinski definition) is 1. The molecule has 1 N–H and O–H groups in total. The number of aromatic nitrogens is 1. The van der Waals surface area contributed by atoms with Crippen molar-refractivity contribution < 1.29 is 17.6 Å². The molecule has 7 nitrogen and oxygen atoms in total. The molecule has 4 heterocycles. The summed E-state index contributed by atoms with van der Waals surface area (Å²) in [4.78, 5) is 7.01. The Morgan fingerprint density at radius 2 is 2.14 bits per heavy atom. The maximum Gasteiger partial charge on any atom is 0.226 e. The molecule has 3 saturated heterocycles. The molecule has 4 atom stereocenters.